The van der Waals surface area contributed by atoms with Crippen LogP contribution in [0.1, 0.15) is 22.3 Å². The van der Waals surface area contributed by atoms with Crippen LogP contribution < -0.4 is 4.74 Å². The van der Waals surface area contributed by atoms with Crippen LogP contribution in [0.2, 0.25) is 0 Å². The maximum absolute atomic E-state index is 14.9. The number of ether oxygens (including phenoxy) is 1. The lowest BCUT2D eigenvalue weighted by atomic mass is 10.0. The van der Waals surface area contributed by atoms with Crippen LogP contribution in [-0.2, 0) is 6.11 Å². The number of hydrogen-bond donors (Lipinski definition) is 0. The number of fused-ring (bicyclic) bond motifs is 1. The quantitative estimate of drug-likeness (QED) is 0.148. The summed E-state index contributed by atoms with van der Waals surface area (Å²) in [5.41, 5.74) is -3.27. The zero-order chi connectivity index (χ0) is 32.5. The minimum absolute atomic E-state index is 0.170. The molecule has 45 heavy (non-hydrogen) atoms. The SMILES string of the molecule is Fc1cc(-c2ncccn2)ccc1C#Cc1cc(F)c(C(F)(F)Oc2ccc3c(F)c(C#CC(F)(F)F)c(F)cc3c2)c(F)c1. The van der Waals surface area contributed by atoms with Crippen molar-refractivity contribution in [1.82, 2.24) is 9.97 Å². The van der Waals surface area contributed by atoms with Crippen LogP contribution in [0.5, 0.6) is 5.75 Å². The molecular weight excluding hydrogens is 618 g/mol. The van der Waals surface area contributed by atoms with E-state index >= 15 is 0 Å². The summed E-state index contributed by atoms with van der Waals surface area (Å²) in [6.07, 6.45) is -6.78. The largest absolute Gasteiger partial charge is 0.458 e. The van der Waals surface area contributed by atoms with E-state index in [-0.39, 0.29) is 11.4 Å². The lowest BCUT2D eigenvalue weighted by Gasteiger charge is -2.20. The summed E-state index contributed by atoms with van der Waals surface area (Å²) in [5, 5.41) is -0.905. The molecule has 5 aromatic rings. The van der Waals surface area contributed by atoms with Gasteiger partial charge in [0.2, 0.25) is 0 Å². The molecule has 4 aromatic carbocycles. The number of alkyl halides is 5. The minimum Gasteiger partial charge on any atom is -0.429 e. The Labute approximate surface area is 247 Å². The van der Waals surface area contributed by atoms with Gasteiger partial charge in [0.05, 0.1) is 11.1 Å². The Balaban J connectivity index is 1.40. The first-order valence-electron chi connectivity index (χ1n) is 12.4. The second-order valence-corrected chi connectivity index (χ2v) is 9.13. The van der Waals surface area contributed by atoms with Gasteiger partial charge in [0, 0.05) is 34.8 Å². The molecule has 0 aliphatic carbocycles. The second kappa shape index (κ2) is 11.8. The highest BCUT2D eigenvalue weighted by Gasteiger charge is 2.41. The number of benzene rings is 4. The van der Waals surface area contributed by atoms with E-state index in [4.69, 9.17) is 0 Å². The van der Waals surface area contributed by atoms with Crippen LogP contribution >= 0.6 is 0 Å². The molecule has 226 valence electrons. The van der Waals surface area contributed by atoms with Crippen LogP contribution in [-0.4, -0.2) is 16.1 Å². The molecule has 3 nitrogen and oxygen atoms in total. The molecule has 0 saturated carbocycles. The fourth-order valence-electron chi connectivity index (χ4n) is 4.09. The number of aromatic nitrogens is 2. The highest BCUT2D eigenvalue weighted by Crippen LogP contribution is 2.37. The zero-order valence-electron chi connectivity index (χ0n) is 22.0. The zero-order valence-corrected chi connectivity index (χ0v) is 22.0. The predicted molar refractivity (Wildman–Crippen MR) is 141 cm³/mol. The van der Waals surface area contributed by atoms with Crippen molar-refractivity contribution in [2.75, 3.05) is 0 Å². The third-order valence-electron chi connectivity index (χ3n) is 6.04. The van der Waals surface area contributed by atoms with Gasteiger partial charge >= 0.3 is 12.3 Å². The molecule has 0 aliphatic rings. The first-order chi connectivity index (χ1) is 21.2. The van der Waals surface area contributed by atoms with E-state index in [0.717, 1.165) is 24.1 Å². The van der Waals surface area contributed by atoms with Crippen LogP contribution in [0.15, 0.2) is 73.1 Å². The van der Waals surface area contributed by atoms with Gasteiger partial charge < -0.3 is 4.74 Å². The van der Waals surface area contributed by atoms with Crippen LogP contribution in [0.3, 0.4) is 0 Å². The molecule has 5 rings (SSSR count). The van der Waals surface area contributed by atoms with Gasteiger partial charge in [0.1, 0.15) is 40.4 Å². The molecule has 0 saturated heterocycles. The highest BCUT2D eigenvalue weighted by atomic mass is 19.4. The number of halogens is 10. The minimum atomic E-state index is -5.03. The molecule has 13 heteroatoms. The van der Waals surface area contributed by atoms with Crippen LogP contribution in [0.4, 0.5) is 43.9 Å². The summed E-state index contributed by atoms with van der Waals surface area (Å²) in [7, 11) is 0. The van der Waals surface area contributed by atoms with E-state index in [1.807, 2.05) is 0 Å². The van der Waals surface area contributed by atoms with Crippen molar-refractivity contribution in [3.63, 3.8) is 0 Å². The van der Waals surface area contributed by atoms with Crippen molar-refractivity contribution < 1.29 is 48.6 Å². The lowest BCUT2D eigenvalue weighted by molar-refractivity contribution is -0.189. The van der Waals surface area contributed by atoms with Crippen molar-refractivity contribution in [3.05, 3.63) is 124 Å². The van der Waals surface area contributed by atoms with Gasteiger partial charge in [0.15, 0.2) is 5.82 Å². The Morgan fingerprint density at radius 2 is 1.36 bits per heavy atom. The average molecular weight is 630 g/mol. The summed E-state index contributed by atoms with van der Waals surface area (Å²) < 4.78 is 144. The molecule has 0 fully saturated rings. The number of rotatable bonds is 4. The van der Waals surface area contributed by atoms with Crippen molar-refractivity contribution in [1.29, 1.82) is 0 Å². The van der Waals surface area contributed by atoms with Gasteiger partial charge in [-0.1, -0.05) is 17.8 Å². The molecule has 0 radical (unpaired) electrons. The maximum atomic E-state index is 14.9. The molecule has 1 heterocycles. The molecule has 0 atom stereocenters. The molecule has 0 amide bonds. The predicted octanol–water partition coefficient (Wildman–Crippen LogP) is 8.43. The Hall–Kier alpha value is -5.56. The number of hydrogen-bond acceptors (Lipinski definition) is 3. The lowest BCUT2D eigenvalue weighted by Crippen LogP contribution is -2.25. The summed E-state index contributed by atoms with van der Waals surface area (Å²) in [4.78, 5) is 7.98. The molecule has 0 aliphatic heterocycles. The highest BCUT2D eigenvalue weighted by molar-refractivity contribution is 5.86. The third kappa shape index (κ3) is 6.83. The Morgan fingerprint density at radius 3 is 2.00 bits per heavy atom. The molecule has 1 aromatic heterocycles. The van der Waals surface area contributed by atoms with E-state index in [1.165, 1.54) is 30.4 Å². The standard InChI is InChI=1S/C32H12F10N2O/c33-24-15-19(30-43-10-1-11-44-30)5-4-18(24)3-2-17-12-26(35)28(27(36)13-17)32(41,42)45-21-6-7-22-20(14-21)16-25(34)23(29(22)37)8-9-31(38,39)40/h1,4-7,10-16H. The summed E-state index contributed by atoms with van der Waals surface area (Å²) >= 11 is 0. The smallest absolute Gasteiger partial charge is 0.429 e. The van der Waals surface area contributed by atoms with E-state index in [0.29, 0.717) is 29.8 Å². The Morgan fingerprint density at radius 1 is 0.667 bits per heavy atom. The third-order valence-corrected chi connectivity index (χ3v) is 6.04. The van der Waals surface area contributed by atoms with Gasteiger partial charge in [-0.15, -0.1) is 0 Å². The molecular formula is C32H12F10N2O. The maximum Gasteiger partial charge on any atom is 0.458 e. The van der Waals surface area contributed by atoms with Gasteiger partial charge in [-0.3, -0.25) is 0 Å². The van der Waals surface area contributed by atoms with Crippen LogP contribution in [0.25, 0.3) is 22.2 Å². The van der Waals surface area contributed by atoms with Crippen molar-refractivity contribution in [3.8, 4) is 40.8 Å². The molecule has 0 N–H and O–H groups in total. The van der Waals surface area contributed by atoms with Gasteiger partial charge in [0.25, 0.3) is 0 Å². The summed E-state index contributed by atoms with van der Waals surface area (Å²) in [6.45, 7) is 0. The Kier molecular flexibility index (Phi) is 8.13. The Bertz CT molecular complexity index is 2050. The molecule has 0 unspecified atom stereocenters. The van der Waals surface area contributed by atoms with E-state index < -0.39 is 74.6 Å². The van der Waals surface area contributed by atoms with Crippen molar-refractivity contribution in [2.45, 2.75) is 12.3 Å². The summed E-state index contributed by atoms with van der Waals surface area (Å²) in [6, 6.07) is 9.09. The first kappa shape index (κ1) is 30.9. The van der Waals surface area contributed by atoms with Gasteiger partial charge in [-0.25, -0.2) is 31.9 Å². The first-order valence-corrected chi connectivity index (χ1v) is 12.4. The van der Waals surface area contributed by atoms with Crippen molar-refractivity contribution in [2.24, 2.45) is 0 Å². The second-order valence-electron chi connectivity index (χ2n) is 9.13. The topological polar surface area (TPSA) is 35.0 Å². The van der Waals surface area contributed by atoms with E-state index in [9.17, 15) is 43.9 Å². The van der Waals surface area contributed by atoms with Gasteiger partial charge in [-0.2, -0.15) is 22.0 Å². The van der Waals surface area contributed by atoms with Gasteiger partial charge in [-0.05, 0) is 66.0 Å². The fraction of sp³-hybridized carbons (Fsp3) is 0.0625. The monoisotopic (exact) mass is 630 g/mol. The summed E-state index contributed by atoms with van der Waals surface area (Å²) in [5.74, 6) is -1.17. The normalized spacial score (nSPS) is 11.4. The fourth-order valence-corrected chi connectivity index (χ4v) is 4.09. The number of nitrogens with zero attached hydrogens (tertiary/aromatic N) is 2. The molecule has 0 bridgehead atoms. The van der Waals surface area contributed by atoms with Crippen LogP contribution in [0, 0.1) is 52.8 Å². The van der Waals surface area contributed by atoms with Crippen molar-refractivity contribution >= 4 is 10.8 Å². The van der Waals surface area contributed by atoms with E-state index in [1.54, 1.807) is 6.07 Å². The molecule has 0 spiro atoms. The average Bonchev–Trinajstić information content (AvgIpc) is 2.95. The van der Waals surface area contributed by atoms with E-state index in [2.05, 4.69) is 26.5 Å².